The molecule has 1 unspecified atom stereocenters. The molecule has 2 aromatic rings. The third-order valence-electron chi connectivity index (χ3n) is 4.83. The fourth-order valence-corrected chi connectivity index (χ4v) is 4.88. The van der Waals surface area contributed by atoms with Gasteiger partial charge in [-0.1, -0.05) is 0 Å². The molecule has 0 N–H and O–H groups in total. The van der Waals surface area contributed by atoms with Crippen LogP contribution in [0, 0.1) is 0 Å². The minimum atomic E-state index is -3.73. The molecule has 0 saturated heterocycles. The average Bonchev–Trinajstić information content (AvgIpc) is 3.07. The van der Waals surface area contributed by atoms with Crippen LogP contribution in [0.5, 0.6) is 11.5 Å². The van der Waals surface area contributed by atoms with Crippen LogP contribution in [0.1, 0.15) is 31.6 Å². The molecular formula is C17H21N3O4S. The maximum atomic E-state index is 13.2. The SMILES string of the molecule is COc1ccc2c(c1)OCCN2S(=O)(=O)c1cn2c(n1)CCCC2C. The molecule has 1 atom stereocenters. The molecule has 0 amide bonds. The van der Waals surface area contributed by atoms with E-state index in [1.165, 1.54) is 4.31 Å². The number of imidazole rings is 1. The van der Waals surface area contributed by atoms with Crippen molar-refractivity contribution in [3.05, 3.63) is 30.2 Å². The van der Waals surface area contributed by atoms with Crippen molar-refractivity contribution < 1.29 is 17.9 Å². The predicted molar refractivity (Wildman–Crippen MR) is 92.9 cm³/mol. The lowest BCUT2D eigenvalue weighted by Crippen LogP contribution is -2.38. The summed E-state index contributed by atoms with van der Waals surface area (Å²) in [6.07, 6.45) is 4.57. The first kappa shape index (κ1) is 16.3. The van der Waals surface area contributed by atoms with E-state index in [0.29, 0.717) is 23.8 Å². The molecule has 4 rings (SSSR count). The smallest absolute Gasteiger partial charge is 0.283 e. The largest absolute Gasteiger partial charge is 0.497 e. The summed E-state index contributed by atoms with van der Waals surface area (Å²) in [5.41, 5.74) is 0.520. The molecule has 0 radical (unpaired) electrons. The van der Waals surface area contributed by atoms with E-state index >= 15 is 0 Å². The summed E-state index contributed by atoms with van der Waals surface area (Å²) in [4.78, 5) is 4.42. The number of hydrogen-bond donors (Lipinski definition) is 0. The number of aryl methyl sites for hydroxylation is 1. The van der Waals surface area contributed by atoms with Gasteiger partial charge in [0.1, 0.15) is 23.9 Å². The Balaban J connectivity index is 1.75. The molecule has 1 aromatic carbocycles. The van der Waals surface area contributed by atoms with Gasteiger partial charge in [0.05, 0.1) is 19.3 Å². The van der Waals surface area contributed by atoms with Crippen LogP contribution in [0.4, 0.5) is 5.69 Å². The van der Waals surface area contributed by atoms with Gasteiger partial charge in [-0.15, -0.1) is 0 Å². The van der Waals surface area contributed by atoms with Gasteiger partial charge in [-0.2, -0.15) is 8.42 Å². The zero-order chi connectivity index (χ0) is 17.6. The topological polar surface area (TPSA) is 73.7 Å². The van der Waals surface area contributed by atoms with Crippen molar-refractivity contribution in [2.24, 2.45) is 0 Å². The van der Waals surface area contributed by atoms with Crippen LogP contribution in [0.25, 0.3) is 0 Å². The molecule has 134 valence electrons. The zero-order valence-corrected chi connectivity index (χ0v) is 15.1. The quantitative estimate of drug-likeness (QED) is 0.837. The summed E-state index contributed by atoms with van der Waals surface area (Å²) >= 11 is 0. The van der Waals surface area contributed by atoms with E-state index in [4.69, 9.17) is 9.47 Å². The lowest BCUT2D eigenvalue weighted by atomic mass is 10.1. The van der Waals surface area contributed by atoms with Gasteiger partial charge in [-0.3, -0.25) is 4.31 Å². The molecule has 0 saturated carbocycles. The van der Waals surface area contributed by atoms with Crippen molar-refractivity contribution in [1.82, 2.24) is 9.55 Å². The minimum Gasteiger partial charge on any atom is -0.497 e. The first-order valence-electron chi connectivity index (χ1n) is 8.42. The van der Waals surface area contributed by atoms with Gasteiger partial charge in [0, 0.05) is 24.7 Å². The Morgan fingerprint density at radius 3 is 2.96 bits per heavy atom. The second kappa shape index (κ2) is 5.94. The summed E-state index contributed by atoms with van der Waals surface area (Å²) in [5, 5.41) is 0.111. The maximum Gasteiger partial charge on any atom is 0.283 e. The highest BCUT2D eigenvalue weighted by molar-refractivity contribution is 7.92. The highest BCUT2D eigenvalue weighted by Gasteiger charge is 2.33. The standard InChI is InChI=1S/C17H21N3O4S/c1-12-4-3-5-16-18-17(11-19(12)16)25(21,22)20-8-9-24-15-10-13(23-2)6-7-14(15)20/h6-7,10-12H,3-5,8-9H2,1-2H3. The van der Waals surface area contributed by atoms with Crippen LogP contribution in [-0.2, 0) is 16.4 Å². The number of benzene rings is 1. The molecule has 3 heterocycles. The molecule has 2 aliphatic heterocycles. The van der Waals surface area contributed by atoms with E-state index < -0.39 is 10.0 Å². The summed E-state index contributed by atoms with van der Waals surface area (Å²) in [7, 11) is -2.17. The highest BCUT2D eigenvalue weighted by atomic mass is 32.2. The molecule has 0 bridgehead atoms. The molecule has 2 aliphatic rings. The monoisotopic (exact) mass is 363 g/mol. The minimum absolute atomic E-state index is 0.111. The van der Waals surface area contributed by atoms with Gasteiger partial charge in [-0.05, 0) is 31.9 Å². The molecule has 25 heavy (non-hydrogen) atoms. The number of methoxy groups -OCH3 is 1. The molecule has 0 aliphatic carbocycles. The van der Waals surface area contributed by atoms with Crippen LogP contribution in [-0.4, -0.2) is 38.2 Å². The predicted octanol–water partition coefficient (Wildman–Crippen LogP) is 2.38. The van der Waals surface area contributed by atoms with Crippen molar-refractivity contribution in [3.8, 4) is 11.5 Å². The Morgan fingerprint density at radius 1 is 1.36 bits per heavy atom. The number of hydrogen-bond acceptors (Lipinski definition) is 5. The number of sulfonamides is 1. The van der Waals surface area contributed by atoms with E-state index in [-0.39, 0.29) is 17.6 Å². The summed E-state index contributed by atoms with van der Waals surface area (Å²) in [5.74, 6) is 1.98. The van der Waals surface area contributed by atoms with Crippen LogP contribution in [0.15, 0.2) is 29.4 Å². The molecule has 7 nitrogen and oxygen atoms in total. The van der Waals surface area contributed by atoms with Crippen molar-refractivity contribution in [1.29, 1.82) is 0 Å². The Kier molecular flexibility index (Phi) is 3.87. The third-order valence-corrected chi connectivity index (χ3v) is 6.51. The molecular weight excluding hydrogens is 342 g/mol. The summed E-state index contributed by atoms with van der Waals surface area (Å²) in [6.45, 7) is 2.65. The number of fused-ring (bicyclic) bond motifs is 2. The van der Waals surface area contributed by atoms with Gasteiger partial charge in [0.25, 0.3) is 10.0 Å². The fraction of sp³-hybridized carbons (Fsp3) is 0.471. The molecule has 0 fully saturated rings. The first-order chi connectivity index (χ1) is 12.0. The zero-order valence-electron chi connectivity index (χ0n) is 14.3. The van der Waals surface area contributed by atoms with Gasteiger partial charge >= 0.3 is 0 Å². The van der Waals surface area contributed by atoms with E-state index in [0.717, 1.165) is 25.1 Å². The average molecular weight is 363 g/mol. The van der Waals surface area contributed by atoms with E-state index in [1.807, 2.05) is 4.57 Å². The molecule has 8 heteroatoms. The van der Waals surface area contributed by atoms with Crippen molar-refractivity contribution in [2.45, 2.75) is 37.3 Å². The van der Waals surface area contributed by atoms with E-state index in [9.17, 15) is 8.42 Å². The number of aromatic nitrogens is 2. The van der Waals surface area contributed by atoms with Gasteiger partial charge in [-0.25, -0.2) is 4.98 Å². The van der Waals surface area contributed by atoms with Crippen LogP contribution in [0.3, 0.4) is 0 Å². The van der Waals surface area contributed by atoms with Gasteiger partial charge in [0.2, 0.25) is 0 Å². The van der Waals surface area contributed by atoms with Gasteiger partial charge < -0.3 is 14.0 Å². The Bertz CT molecular complexity index is 907. The van der Waals surface area contributed by atoms with Crippen molar-refractivity contribution in [2.75, 3.05) is 24.6 Å². The Hall–Kier alpha value is -2.22. The van der Waals surface area contributed by atoms with Crippen molar-refractivity contribution in [3.63, 3.8) is 0 Å². The second-order valence-corrected chi connectivity index (χ2v) is 8.21. The number of rotatable bonds is 3. The van der Waals surface area contributed by atoms with Gasteiger partial charge in [0.15, 0.2) is 5.03 Å². The van der Waals surface area contributed by atoms with Crippen molar-refractivity contribution >= 4 is 15.7 Å². The molecule has 1 aromatic heterocycles. The van der Waals surface area contributed by atoms with Crippen LogP contribution in [0.2, 0.25) is 0 Å². The van der Waals surface area contributed by atoms with Crippen LogP contribution < -0.4 is 13.8 Å². The molecule has 0 spiro atoms. The Labute approximate surface area is 147 Å². The Morgan fingerprint density at radius 2 is 2.20 bits per heavy atom. The lowest BCUT2D eigenvalue weighted by molar-refractivity contribution is 0.312. The number of ether oxygens (including phenoxy) is 2. The third kappa shape index (κ3) is 2.64. The normalized spacial score (nSPS) is 19.8. The van der Waals surface area contributed by atoms with E-state index in [2.05, 4.69) is 11.9 Å². The first-order valence-corrected chi connectivity index (χ1v) is 9.86. The maximum absolute atomic E-state index is 13.2. The summed E-state index contributed by atoms with van der Waals surface area (Å²) < 4.78 is 40.6. The fourth-order valence-electron chi connectivity index (χ4n) is 3.46. The number of nitrogens with zero attached hydrogens (tertiary/aromatic N) is 3. The second-order valence-electron chi connectivity index (χ2n) is 6.40. The van der Waals surface area contributed by atoms with Crippen LogP contribution >= 0.6 is 0 Å². The lowest BCUT2D eigenvalue weighted by Gasteiger charge is -2.29. The summed E-state index contributed by atoms with van der Waals surface area (Å²) in [6, 6.07) is 5.43. The highest BCUT2D eigenvalue weighted by Crippen LogP contribution is 2.38. The van der Waals surface area contributed by atoms with E-state index in [1.54, 1.807) is 31.5 Å². The number of anilines is 1.